The van der Waals surface area contributed by atoms with Gasteiger partial charge in [-0.25, -0.2) is 9.18 Å². The predicted octanol–water partition coefficient (Wildman–Crippen LogP) is 1.58. The first-order valence-corrected chi connectivity index (χ1v) is 4.52. The van der Waals surface area contributed by atoms with Gasteiger partial charge in [0.15, 0.2) is 11.6 Å². The summed E-state index contributed by atoms with van der Waals surface area (Å²) in [5.74, 6) is -2.29. The third-order valence-electron chi connectivity index (χ3n) is 2.02. The second-order valence-corrected chi connectivity index (χ2v) is 3.08. The minimum absolute atomic E-state index is 0.0116. The maximum Gasteiger partial charge on any atom is 0.377 e. The molecule has 17 heavy (non-hydrogen) atoms. The minimum atomic E-state index is -1.30. The van der Waals surface area contributed by atoms with Gasteiger partial charge >= 0.3 is 5.97 Å². The van der Waals surface area contributed by atoms with E-state index in [1.807, 2.05) is 0 Å². The number of carboxylic acids is 1. The Balaban J connectivity index is 2.42. The lowest BCUT2D eigenvalue weighted by atomic mass is 10.2. The number of rotatable bonds is 3. The van der Waals surface area contributed by atoms with E-state index < -0.39 is 17.6 Å². The van der Waals surface area contributed by atoms with Crippen LogP contribution in [0.25, 0.3) is 11.5 Å². The van der Waals surface area contributed by atoms with E-state index in [0.717, 1.165) is 0 Å². The van der Waals surface area contributed by atoms with Gasteiger partial charge in [-0.15, -0.1) is 0 Å². The first-order chi connectivity index (χ1) is 8.11. The maximum atomic E-state index is 13.1. The van der Waals surface area contributed by atoms with Crippen LogP contribution in [-0.2, 0) is 0 Å². The van der Waals surface area contributed by atoms with E-state index in [0.29, 0.717) is 5.56 Å². The summed E-state index contributed by atoms with van der Waals surface area (Å²) in [4.78, 5) is 14.2. The van der Waals surface area contributed by atoms with Crippen molar-refractivity contribution in [1.82, 2.24) is 10.1 Å². The van der Waals surface area contributed by atoms with Crippen molar-refractivity contribution in [3.05, 3.63) is 29.8 Å². The van der Waals surface area contributed by atoms with Gasteiger partial charge in [0.25, 0.3) is 11.7 Å². The van der Waals surface area contributed by atoms with Crippen LogP contribution in [0.4, 0.5) is 4.39 Å². The van der Waals surface area contributed by atoms with Crippen molar-refractivity contribution >= 4 is 5.97 Å². The summed E-state index contributed by atoms with van der Waals surface area (Å²) in [6, 6.07) is 3.89. The molecule has 0 spiro atoms. The van der Waals surface area contributed by atoms with Gasteiger partial charge in [0.1, 0.15) is 0 Å². The van der Waals surface area contributed by atoms with Gasteiger partial charge in [0.2, 0.25) is 0 Å². The lowest BCUT2D eigenvalue weighted by Gasteiger charge is -2.02. The van der Waals surface area contributed by atoms with E-state index in [9.17, 15) is 9.18 Å². The summed E-state index contributed by atoms with van der Waals surface area (Å²) in [6.07, 6.45) is 0. The van der Waals surface area contributed by atoms with E-state index in [2.05, 4.69) is 10.1 Å². The predicted molar refractivity (Wildman–Crippen MR) is 53.2 cm³/mol. The molecule has 0 unspecified atom stereocenters. The third kappa shape index (κ3) is 2.07. The monoisotopic (exact) mass is 238 g/mol. The molecule has 0 atom stereocenters. The minimum Gasteiger partial charge on any atom is -0.494 e. The number of benzene rings is 1. The zero-order chi connectivity index (χ0) is 12.4. The van der Waals surface area contributed by atoms with Crippen LogP contribution >= 0.6 is 0 Å². The van der Waals surface area contributed by atoms with Crippen LogP contribution in [0, 0.1) is 5.82 Å². The van der Waals surface area contributed by atoms with E-state index >= 15 is 0 Å². The Morgan fingerprint density at radius 3 is 2.88 bits per heavy atom. The topological polar surface area (TPSA) is 85.5 Å². The molecule has 2 rings (SSSR count). The van der Waals surface area contributed by atoms with Crippen LogP contribution in [0.1, 0.15) is 10.6 Å². The lowest BCUT2D eigenvalue weighted by molar-refractivity contribution is 0.0680. The van der Waals surface area contributed by atoms with Gasteiger partial charge in [0, 0.05) is 5.56 Å². The van der Waals surface area contributed by atoms with Crippen LogP contribution in [0.15, 0.2) is 22.7 Å². The van der Waals surface area contributed by atoms with Crippen LogP contribution in [0.2, 0.25) is 0 Å². The molecular weight excluding hydrogens is 231 g/mol. The normalized spacial score (nSPS) is 10.2. The molecule has 1 heterocycles. The fraction of sp³-hybridized carbons (Fsp3) is 0.100. The van der Waals surface area contributed by atoms with Crippen LogP contribution < -0.4 is 4.74 Å². The van der Waals surface area contributed by atoms with Gasteiger partial charge in [-0.1, -0.05) is 0 Å². The highest BCUT2D eigenvalue weighted by Gasteiger charge is 2.15. The second-order valence-electron chi connectivity index (χ2n) is 3.08. The molecule has 0 radical (unpaired) electrons. The Bertz CT molecular complexity index is 567. The molecule has 2 aromatic rings. The molecule has 1 aromatic carbocycles. The van der Waals surface area contributed by atoms with Crippen LogP contribution in [0.5, 0.6) is 5.75 Å². The second kappa shape index (κ2) is 4.20. The molecular formula is C10H7FN2O4. The van der Waals surface area contributed by atoms with Crippen LogP contribution in [0.3, 0.4) is 0 Å². The van der Waals surface area contributed by atoms with Gasteiger partial charge in [-0.3, -0.25) is 0 Å². The number of methoxy groups -OCH3 is 1. The Hall–Kier alpha value is -2.44. The van der Waals surface area contributed by atoms with Crippen molar-refractivity contribution in [2.75, 3.05) is 7.11 Å². The van der Waals surface area contributed by atoms with E-state index in [1.54, 1.807) is 0 Å². The Morgan fingerprint density at radius 2 is 2.29 bits per heavy atom. The van der Waals surface area contributed by atoms with Crippen molar-refractivity contribution < 1.29 is 23.6 Å². The summed E-state index contributed by atoms with van der Waals surface area (Å²) >= 11 is 0. The van der Waals surface area contributed by atoms with Crippen LogP contribution in [-0.4, -0.2) is 28.3 Å². The van der Waals surface area contributed by atoms with Gasteiger partial charge in [-0.2, -0.15) is 4.98 Å². The van der Waals surface area contributed by atoms with Crippen molar-refractivity contribution in [2.24, 2.45) is 0 Å². The molecule has 0 saturated heterocycles. The highest BCUT2D eigenvalue weighted by atomic mass is 19.1. The number of nitrogens with zero attached hydrogens (tertiary/aromatic N) is 2. The number of halogens is 1. The van der Waals surface area contributed by atoms with Crippen molar-refractivity contribution in [2.45, 2.75) is 0 Å². The molecule has 1 N–H and O–H groups in total. The highest BCUT2D eigenvalue weighted by Crippen LogP contribution is 2.25. The number of aromatic carboxylic acids is 1. The molecule has 0 aliphatic rings. The number of carbonyl (C=O) groups is 1. The zero-order valence-electron chi connectivity index (χ0n) is 8.68. The van der Waals surface area contributed by atoms with E-state index in [-0.39, 0.29) is 11.6 Å². The average Bonchev–Trinajstić information content (AvgIpc) is 2.79. The molecule has 0 bridgehead atoms. The molecule has 0 aliphatic carbocycles. The summed E-state index contributed by atoms with van der Waals surface area (Å²) in [5, 5.41) is 11.9. The molecule has 0 saturated carbocycles. The van der Waals surface area contributed by atoms with Gasteiger partial charge < -0.3 is 14.4 Å². The molecule has 1 aromatic heterocycles. The number of hydrogen-bond donors (Lipinski definition) is 1. The van der Waals surface area contributed by atoms with Crippen molar-refractivity contribution in [1.29, 1.82) is 0 Å². The summed E-state index contributed by atoms with van der Waals surface area (Å²) in [5.41, 5.74) is 0.378. The van der Waals surface area contributed by atoms with Crippen molar-refractivity contribution in [3.63, 3.8) is 0 Å². The molecule has 0 fully saturated rings. The molecule has 0 aliphatic heterocycles. The standard InChI is InChI=1S/C10H7FN2O4/c1-16-7-4-5(2-3-6(7)11)9-12-8(10(14)15)13-17-9/h2-4H,1H3,(H,14,15). The number of carboxylic acid groups (broad SMARTS) is 1. The maximum absolute atomic E-state index is 13.1. The Kier molecular flexibility index (Phi) is 2.73. The first-order valence-electron chi connectivity index (χ1n) is 4.52. The van der Waals surface area contributed by atoms with E-state index in [4.69, 9.17) is 14.4 Å². The smallest absolute Gasteiger partial charge is 0.377 e. The van der Waals surface area contributed by atoms with Crippen molar-refractivity contribution in [3.8, 4) is 17.2 Å². The van der Waals surface area contributed by atoms with Gasteiger partial charge in [-0.05, 0) is 23.4 Å². The summed E-state index contributed by atoms with van der Waals surface area (Å²) in [6.45, 7) is 0. The summed E-state index contributed by atoms with van der Waals surface area (Å²) in [7, 11) is 1.32. The lowest BCUT2D eigenvalue weighted by Crippen LogP contribution is -1.98. The van der Waals surface area contributed by atoms with E-state index in [1.165, 1.54) is 25.3 Å². The number of hydrogen-bond acceptors (Lipinski definition) is 5. The third-order valence-corrected chi connectivity index (χ3v) is 2.02. The highest BCUT2D eigenvalue weighted by molar-refractivity contribution is 5.83. The van der Waals surface area contributed by atoms with Gasteiger partial charge in [0.05, 0.1) is 7.11 Å². The number of aromatic nitrogens is 2. The summed E-state index contributed by atoms with van der Waals surface area (Å²) < 4.78 is 22.6. The largest absolute Gasteiger partial charge is 0.494 e. The first kappa shape index (κ1) is 11.1. The Morgan fingerprint density at radius 1 is 1.53 bits per heavy atom. The Labute approximate surface area is 94.6 Å². The fourth-order valence-electron chi connectivity index (χ4n) is 1.22. The SMILES string of the molecule is COc1cc(-c2nc(C(=O)O)no2)ccc1F. The molecule has 7 heteroatoms. The zero-order valence-corrected chi connectivity index (χ0v) is 8.68. The average molecular weight is 238 g/mol. The number of ether oxygens (including phenoxy) is 1. The molecule has 88 valence electrons. The fourth-order valence-corrected chi connectivity index (χ4v) is 1.22. The quantitative estimate of drug-likeness (QED) is 0.873. The molecule has 6 nitrogen and oxygen atoms in total. The molecule has 0 amide bonds.